The zero-order valence-electron chi connectivity index (χ0n) is 26.5. The molecular weight excluding hydrogens is 582 g/mol. The van der Waals surface area contributed by atoms with Crippen molar-refractivity contribution in [3.8, 4) is 5.75 Å². The third kappa shape index (κ3) is 11.8. The quantitative estimate of drug-likeness (QED) is 0.123. The highest BCUT2D eigenvalue weighted by Crippen LogP contribution is 2.30. The predicted molar refractivity (Wildman–Crippen MR) is 181 cm³/mol. The van der Waals surface area contributed by atoms with E-state index >= 15 is 0 Å². The Kier molecular flexibility index (Phi) is 15.0. The SMILES string of the molecule is C.CNCCCOc1ccc(C(Cc2ccc(NC(=O)CCC3CCCC3)cc2CCC(=O)N(CC(N)=O)C2CC2)NC=O)cc1. The van der Waals surface area contributed by atoms with Crippen molar-refractivity contribution in [1.82, 2.24) is 15.5 Å². The van der Waals surface area contributed by atoms with Crippen molar-refractivity contribution in [2.24, 2.45) is 11.7 Å². The Hall–Kier alpha value is -3.92. The Morgan fingerprint density at radius 3 is 2.41 bits per heavy atom. The summed E-state index contributed by atoms with van der Waals surface area (Å²) in [6.45, 7) is 1.41. The van der Waals surface area contributed by atoms with Crippen molar-refractivity contribution < 1.29 is 23.9 Å². The summed E-state index contributed by atoms with van der Waals surface area (Å²) in [6.07, 6.45) is 10.8. The lowest BCUT2D eigenvalue weighted by atomic mass is 9.93. The van der Waals surface area contributed by atoms with E-state index in [0.29, 0.717) is 43.9 Å². The first kappa shape index (κ1) is 36.5. The topological polar surface area (TPSA) is 143 Å². The largest absolute Gasteiger partial charge is 0.494 e. The van der Waals surface area contributed by atoms with Crippen molar-refractivity contribution in [2.45, 2.75) is 96.6 Å². The Morgan fingerprint density at radius 2 is 1.76 bits per heavy atom. The van der Waals surface area contributed by atoms with E-state index in [1.165, 1.54) is 25.7 Å². The van der Waals surface area contributed by atoms with Gasteiger partial charge in [0.2, 0.25) is 24.1 Å². The molecule has 252 valence electrons. The maximum atomic E-state index is 13.2. The molecule has 1 atom stereocenters. The summed E-state index contributed by atoms with van der Waals surface area (Å²) in [7, 11) is 1.91. The molecule has 4 amide bonds. The van der Waals surface area contributed by atoms with Crippen LogP contribution < -0.4 is 26.4 Å². The maximum absolute atomic E-state index is 13.2. The highest BCUT2D eigenvalue weighted by atomic mass is 16.5. The first-order valence-electron chi connectivity index (χ1n) is 16.4. The molecule has 5 N–H and O–H groups in total. The standard InChI is InChI=1S/C35H49N5O5.CH4/c1-37-19-4-20-45-31-15-9-26(10-16-31)32(38-24-41)22-28-8-12-29(39-34(43)17-7-25-5-2-3-6-25)21-27(28)11-18-35(44)40(23-33(36)42)30-13-14-30;/h8-10,12,15-16,21,24-25,30,32,37H,2-7,11,13-14,17-20,22-23H2,1H3,(H2,36,42)(H,38,41)(H,39,43);1H4. The number of hydrogen-bond acceptors (Lipinski definition) is 6. The molecule has 46 heavy (non-hydrogen) atoms. The van der Waals surface area contributed by atoms with E-state index < -0.39 is 5.91 Å². The minimum Gasteiger partial charge on any atom is -0.494 e. The third-order valence-electron chi connectivity index (χ3n) is 8.80. The third-order valence-corrected chi connectivity index (χ3v) is 8.80. The van der Waals surface area contributed by atoms with E-state index in [4.69, 9.17) is 10.5 Å². The Labute approximate surface area is 274 Å². The van der Waals surface area contributed by atoms with E-state index in [0.717, 1.165) is 54.7 Å². The van der Waals surface area contributed by atoms with Crippen molar-refractivity contribution in [2.75, 3.05) is 32.1 Å². The molecular formula is C36H53N5O5. The van der Waals surface area contributed by atoms with E-state index in [1.807, 2.05) is 49.5 Å². The van der Waals surface area contributed by atoms with Crippen LogP contribution in [-0.2, 0) is 32.0 Å². The molecule has 2 aromatic carbocycles. The average Bonchev–Trinajstić information content (AvgIpc) is 3.74. The molecule has 2 aliphatic rings. The zero-order valence-corrected chi connectivity index (χ0v) is 26.5. The number of nitrogens with two attached hydrogens (primary N) is 1. The van der Waals surface area contributed by atoms with Gasteiger partial charge in [0.1, 0.15) is 5.75 Å². The number of rotatable bonds is 20. The van der Waals surface area contributed by atoms with Crippen molar-refractivity contribution in [3.63, 3.8) is 0 Å². The number of ether oxygens (including phenoxy) is 1. The first-order chi connectivity index (χ1) is 21.9. The number of nitrogens with zero attached hydrogens (tertiary/aromatic N) is 1. The number of carbonyl (C=O) groups is 4. The predicted octanol–water partition coefficient (Wildman–Crippen LogP) is 4.66. The van der Waals surface area contributed by atoms with Gasteiger partial charge >= 0.3 is 0 Å². The zero-order chi connectivity index (χ0) is 32.0. The van der Waals surface area contributed by atoms with Crippen LogP contribution in [0, 0.1) is 5.92 Å². The van der Waals surface area contributed by atoms with Crippen LogP contribution in [0.4, 0.5) is 5.69 Å². The molecule has 1 unspecified atom stereocenters. The fourth-order valence-corrected chi connectivity index (χ4v) is 6.16. The molecule has 4 rings (SSSR count). The summed E-state index contributed by atoms with van der Waals surface area (Å²) in [4.78, 5) is 50.8. The van der Waals surface area contributed by atoms with Crippen LogP contribution in [-0.4, -0.2) is 61.8 Å². The lowest BCUT2D eigenvalue weighted by Gasteiger charge is -2.22. The van der Waals surface area contributed by atoms with Crippen LogP contribution in [0.25, 0.3) is 0 Å². The Morgan fingerprint density at radius 1 is 1.02 bits per heavy atom. The van der Waals surface area contributed by atoms with Crippen LogP contribution in [0.1, 0.15) is 94.4 Å². The fourth-order valence-electron chi connectivity index (χ4n) is 6.16. The molecule has 0 aromatic heterocycles. The van der Waals surface area contributed by atoms with Crippen molar-refractivity contribution in [1.29, 1.82) is 0 Å². The number of nitrogens with one attached hydrogen (secondary N) is 3. The van der Waals surface area contributed by atoms with Gasteiger partial charge in [0.25, 0.3) is 0 Å². The highest BCUT2D eigenvalue weighted by molar-refractivity contribution is 5.91. The van der Waals surface area contributed by atoms with Crippen LogP contribution in [0.5, 0.6) is 5.75 Å². The summed E-state index contributed by atoms with van der Waals surface area (Å²) < 4.78 is 5.82. The van der Waals surface area contributed by atoms with E-state index in [-0.39, 0.29) is 44.3 Å². The molecule has 2 fully saturated rings. The summed E-state index contributed by atoms with van der Waals surface area (Å²) in [6, 6.07) is 13.3. The van der Waals surface area contributed by atoms with Crippen LogP contribution in [0.3, 0.4) is 0 Å². The molecule has 0 aliphatic heterocycles. The molecule has 10 heteroatoms. The number of aryl methyl sites for hydroxylation is 1. The maximum Gasteiger partial charge on any atom is 0.237 e. The molecule has 0 radical (unpaired) electrons. The van der Waals surface area contributed by atoms with Gasteiger partial charge < -0.3 is 31.3 Å². The summed E-state index contributed by atoms with van der Waals surface area (Å²) in [5.41, 5.74) is 8.92. The monoisotopic (exact) mass is 635 g/mol. The molecule has 2 aliphatic carbocycles. The lowest BCUT2D eigenvalue weighted by Crippen LogP contribution is -2.40. The average molecular weight is 636 g/mol. The Bertz CT molecular complexity index is 1270. The van der Waals surface area contributed by atoms with Crippen LogP contribution in [0.2, 0.25) is 0 Å². The molecule has 0 bridgehead atoms. The second-order valence-corrected chi connectivity index (χ2v) is 12.4. The van der Waals surface area contributed by atoms with Gasteiger partial charge in [-0.3, -0.25) is 19.2 Å². The first-order valence-corrected chi connectivity index (χ1v) is 16.4. The van der Waals surface area contributed by atoms with Gasteiger partial charge in [-0.15, -0.1) is 0 Å². The van der Waals surface area contributed by atoms with Gasteiger partial charge in [0, 0.05) is 24.6 Å². The van der Waals surface area contributed by atoms with Crippen molar-refractivity contribution in [3.05, 3.63) is 59.2 Å². The number of amides is 4. The van der Waals surface area contributed by atoms with Crippen LogP contribution in [0.15, 0.2) is 42.5 Å². The fraction of sp³-hybridized carbons (Fsp3) is 0.556. The van der Waals surface area contributed by atoms with Gasteiger partial charge in [-0.05, 0) is 99.0 Å². The Balaban J connectivity index is 0.00000576. The van der Waals surface area contributed by atoms with E-state index in [1.54, 1.807) is 4.90 Å². The number of hydrogen-bond donors (Lipinski definition) is 4. The second kappa shape index (κ2) is 18.9. The molecule has 0 spiro atoms. The number of benzene rings is 2. The number of anilines is 1. The molecule has 0 heterocycles. The number of carbonyl (C=O) groups excluding carboxylic acids is 4. The van der Waals surface area contributed by atoms with Gasteiger partial charge in [-0.25, -0.2) is 0 Å². The van der Waals surface area contributed by atoms with Gasteiger partial charge in [0.05, 0.1) is 19.2 Å². The molecule has 2 saturated carbocycles. The minimum absolute atomic E-state index is 0. The summed E-state index contributed by atoms with van der Waals surface area (Å²) in [5, 5.41) is 9.10. The van der Waals surface area contributed by atoms with Crippen molar-refractivity contribution >= 4 is 29.8 Å². The van der Waals surface area contributed by atoms with E-state index in [9.17, 15) is 19.2 Å². The van der Waals surface area contributed by atoms with Crippen LogP contribution >= 0.6 is 0 Å². The summed E-state index contributed by atoms with van der Waals surface area (Å²) >= 11 is 0. The minimum atomic E-state index is -0.518. The molecule has 10 nitrogen and oxygen atoms in total. The highest BCUT2D eigenvalue weighted by Gasteiger charge is 2.33. The lowest BCUT2D eigenvalue weighted by molar-refractivity contribution is -0.135. The molecule has 0 saturated heterocycles. The smallest absolute Gasteiger partial charge is 0.237 e. The van der Waals surface area contributed by atoms with E-state index in [2.05, 4.69) is 16.0 Å². The summed E-state index contributed by atoms with van der Waals surface area (Å²) in [5.74, 6) is 0.766. The van der Waals surface area contributed by atoms with Gasteiger partial charge in [-0.2, -0.15) is 0 Å². The van der Waals surface area contributed by atoms with Gasteiger partial charge in [0.15, 0.2) is 0 Å². The normalized spacial score (nSPS) is 15.0. The second-order valence-electron chi connectivity index (χ2n) is 12.4. The molecule has 2 aromatic rings. The number of primary amides is 1. The van der Waals surface area contributed by atoms with Gasteiger partial charge in [-0.1, -0.05) is 51.3 Å².